The van der Waals surface area contributed by atoms with Crippen LogP contribution in [0, 0.1) is 5.92 Å². The van der Waals surface area contributed by atoms with Gasteiger partial charge in [0.05, 0.1) is 5.56 Å². The van der Waals surface area contributed by atoms with Crippen LogP contribution in [0.1, 0.15) is 44.0 Å². The summed E-state index contributed by atoms with van der Waals surface area (Å²) in [4.78, 5) is 41.3. The Labute approximate surface area is 155 Å². The fourth-order valence-electron chi connectivity index (χ4n) is 3.02. The number of Topliss-reactive ketones (excluding diaryl/α,β-unsaturated/α-hetero) is 1. The van der Waals surface area contributed by atoms with Crippen LogP contribution in [0.4, 0.5) is 0 Å². The molecule has 2 aromatic rings. The first-order chi connectivity index (χ1) is 12.5. The van der Waals surface area contributed by atoms with Crippen LogP contribution in [0.25, 0.3) is 0 Å². The zero-order valence-electron chi connectivity index (χ0n) is 13.9. The van der Waals surface area contributed by atoms with Gasteiger partial charge in [-0.15, -0.1) is 0 Å². The highest BCUT2D eigenvalue weighted by atomic mass is 35.5. The van der Waals surface area contributed by atoms with Crippen molar-refractivity contribution < 1.29 is 19.5 Å². The summed E-state index contributed by atoms with van der Waals surface area (Å²) in [6, 6.07) is 9.61. The fourth-order valence-corrected chi connectivity index (χ4v) is 3.15. The van der Waals surface area contributed by atoms with Crippen LogP contribution < -0.4 is 0 Å². The molecule has 1 aliphatic rings. The smallest absolute Gasteiger partial charge is 0.354 e. The van der Waals surface area contributed by atoms with E-state index >= 15 is 0 Å². The Hall–Kier alpha value is -2.73. The summed E-state index contributed by atoms with van der Waals surface area (Å²) in [5.74, 6) is -1.38. The molecule has 134 valence electrons. The Balaban J connectivity index is 1.60. The predicted octanol–water partition coefficient (Wildman–Crippen LogP) is 3.17. The first-order valence-corrected chi connectivity index (χ1v) is 8.62. The van der Waals surface area contributed by atoms with Crippen LogP contribution in [-0.2, 0) is 0 Å². The third-order valence-electron chi connectivity index (χ3n) is 4.51. The van der Waals surface area contributed by atoms with Gasteiger partial charge in [-0.05, 0) is 49.2 Å². The number of aromatic nitrogens is 1. The van der Waals surface area contributed by atoms with Crippen molar-refractivity contribution in [3.05, 3.63) is 64.4 Å². The highest BCUT2D eigenvalue weighted by Crippen LogP contribution is 2.23. The normalized spacial score (nSPS) is 14.9. The summed E-state index contributed by atoms with van der Waals surface area (Å²) < 4.78 is 0. The topological polar surface area (TPSA) is 87.6 Å². The highest BCUT2D eigenvalue weighted by molar-refractivity contribution is 6.30. The van der Waals surface area contributed by atoms with Gasteiger partial charge in [0.25, 0.3) is 5.91 Å². The Morgan fingerprint density at radius 3 is 2.15 bits per heavy atom. The zero-order chi connectivity index (χ0) is 18.7. The van der Waals surface area contributed by atoms with Crippen molar-refractivity contribution in [2.24, 2.45) is 5.92 Å². The van der Waals surface area contributed by atoms with Gasteiger partial charge in [-0.1, -0.05) is 11.6 Å². The molecule has 0 spiro atoms. The Morgan fingerprint density at radius 2 is 1.62 bits per heavy atom. The molecule has 7 heteroatoms. The van der Waals surface area contributed by atoms with Crippen molar-refractivity contribution in [3.8, 4) is 0 Å². The second-order valence-electron chi connectivity index (χ2n) is 6.17. The van der Waals surface area contributed by atoms with Crippen molar-refractivity contribution in [1.82, 2.24) is 9.88 Å². The zero-order valence-corrected chi connectivity index (χ0v) is 14.6. The Kier molecular flexibility index (Phi) is 5.32. The molecule has 1 aliphatic heterocycles. The van der Waals surface area contributed by atoms with Gasteiger partial charge in [-0.3, -0.25) is 9.59 Å². The monoisotopic (exact) mass is 372 g/mol. The molecule has 1 N–H and O–H groups in total. The molecule has 1 aromatic heterocycles. The van der Waals surface area contributed by atoms with E-state index in [1.54, 1.807) is 29.2 Å². The summed E-state index contributed by atoms with van der Waals surface area (Å²) in [6.45, 7) is 0.951. The molecule has 0 radical (unpaired) electrons. The highest BCUT2D eigenvalue weighted by Gasteiger charge is 2.28. The number of ketones is 1. The summed E-state index contributed by atoms with van der Waals surface area (Å²) in [5.41, 5.74) is 0.874. The van der Waals surface area contributed by atoms with Gasteiger partial charge in [0, 0.05) is 35.8 Å². The Bertz CT molecular complexity index is 826. The number of aromatic carboxylic acids is 1. The minimum absolute atomic E-state index is 0.0706. The third kappa shape index (κ3) is 3.91. The van der Waals surface area contributed by atoms with Crippen molar-refractivity contribution in [2.75, 3.05) is 13.1 Å². The van der Waals surface area contributed by atoms with Crippen molar-refractivity contribution in [3.63, 3.8) is 0 Å². The van der Waals surface area contributed by atoms with E-state index in [1.807, 2.05) is 0 Å². The van der Waals surface area contributed by atoms with Gasteiger partial charge >= 0.3 is 5.97 Å². The standard InChI is InChI=1S/C19H17ClN2O4/c20-15-4-1-12(2-5-15)17(23)13-7-9-22(10-8-13)18(24)14-3-6-16(19(25)26)21-11-14/h1-6,11,13H,7-10H2,(H,25,26). The molecule has 1 saturated heterocycles. The number of likely N-dealkylation sites (tertiary alicyclic amines) is 1. The van der Waals surface area contributed by atoms with E-state index in [4.69, 9.17) is 16.7 Å². The molecule has 6 nitrogen and oxygen atoms in total. The number of hydrogen-bond acceptors (Lipinski definition) is 4. The quantitative estimate of drug-likeness (QED) is 0.833. The number of halogens is 1. The van der Waals surface area contributed by atoms with E-state index in [0.29, 0.717) is 42.1 Å². The summed E-state index contributed by atoms with van der Waals surface area (Å²) in [7, 11) is 0. The van der Waals surface area contributed by atoms with Gasteiger partial charge in [-0.2, -0.15) is 0 Å². The number of carbonyl (C=O) groups is 3. The number of amides is 1. The van der Waals surface area contributed by atoms with Crippen LogP contribution in [0.3, 0.4) is 0 Å². The number of carboxylic acids is 1. The first kappa shape index (κ1) is 18.1. The lowest BCUT2D eigenvalue weighted by atomic mass is 9.88. The summed E-state index contributed by atoms with van der Waals surface area (Å²) in [6.07, 6.45) is 2.46. The molecule has 1 amide bonds. The van der Waals surface area contributed by atoms with E-state index in [-0.39, 0.29) is 23.3 Å². The van der Waals surface area contributed by atoms with Gasteiger partial charge < -0.3 is 10.0 Å². The number of benzene rings is 1. The maximum absolute atomic E-state index is 12.5. The number of pyridine rings is 1. The third-order valence-corrected chi connectivity index (χ3v) is 4.76. The number of carbonyl (C=O) groups excluding carboxylic acids is 2. The molecule has 26 heavy (non-hydrogen) atoms. The Morgan fingerprint density at radius 1 is 1.00 bits per heavy atom. The lowest BCUT2D eigenvalue weighted by Gasteiger charge is -2.31. The number of piperidine rings is 1. The lowest BCUT2D eigenvalue weighted by molar-refractivity contribution is 0.0648. The van der Waals surface area contributed by atoms with Crippen LogP contribution in [0.15, 0.2) is 42.6 Å². The molecule has 1 fully saturated rings. The molecule has 0 saturated carbocycles. The second-order valence-corrected chi connectivity index (χ2v) is 6.61. The second kappa shape index (κ2) is 7.66. The number of carboxylic acid groups (broad SMARTS) is 1. The molecule has 3 rings (SSSR count). The van der Waals surface area contributed by atoms with Crippen LogP contribution in [-0.4, -0.2) is 45.7 Å². The average Bonchev–Trinajstić information content (AvgIpc) is 2.67. The summed E-state index contributed by atoms with van der Waals surface area (Å²) >= 11 is 5.85. The maximum atomic E-state index is 12.5. The van der Waals surface area contributed by atoms with Crippen molar-refractivity contribution >= 4 is 29.3 Å². The van der Waals surface area contributed by atoms with Crippen molar-refractivity contribution in [2.45, 2.75) is 12.8 Å². The van der Waals surface area contributed by atoms with Crippen LogP contribution >= 0.6 is 11.6 Å². The number of nitrogens with zero attached hydrogens (tertiary/aromatic N) is 2. The van der Waals surface area contributed by atoms with E-state index in [0.717, 1.165) is 0 Å². The fraction of sp³-hybridized carbons (Fsp3) is 0.263. The molecule has 0 bridgehead atoms. The van der Waals surface area contributed by atoms with E-state index in [1.165, 1.54) is 18.3 Å². The number of rotatable bonds is 4. The van der Waals surface area contributed by atoms with Gasteiger partial charge in [-0.25, -0.2) is 9.78 Å². The molecule has 0 atom stereocenters. The molecule has 0 unspecified atom stereocenters. The van der Waals surface area contributed by atoms with E-state index in [9.17, 15) is 14.4 Å². The largest absolute Gasteiger partial charge is 0.477 e. The predicted molar refractivity (Wildman–Crippen MR) is 95.6 cm³/mol. The van der Waals surface area contributed by atoms with Crippen LogP contribution in [0.2, 0.25) is 5.02 Å². The van der Waals surface area contributed by atoms with E-state index < -0.39 is 5.97 Å². The number of hydrogen-bond donors (Lipinski definition) is 1. The SMILES string of the molecule is O=C(O)c1ccc(C(=O)N2CCC(C(=O)c3ccc(Cl)cc3)CC2)cn1. The molecular weight excluding hydrogens is 356 g/mol. The molecule has 2 heterocycles. The molecule has 1 aromatic carbocycles. The van der Waals surface area contributed by atoms with Crippen LogP contribution in [0.5, 0.6) is 0 Å². The van der Waals surface area contributed by atoms with E-state index in [2.05, 4.69) is 4.98 Å². The molecule has 0 aliphatic carbocycles. The molecular formula is C19H17ClN2O4. The average molecular weight is 373 g/mol. The van der Waals surface area contributed by atoms with Crippen molar-refractivity contribution in [1.29, 1.82) is 0 Å². The minimum atomic E-state index is -1.13. The minimum Gasteiger partial charge on any atom is -0.477 e. The first-order valence-electron chi connectivity index (χ1n) is 8.24. The van der Waals surface area contributed by atoms with Gasteiger partial charge in [0.1, 0.15) is 5.69 Å². The van der Waals surface area contributed by atoms with Gasteiger partial charge in [0.2, 0.25) is 0 Å². The lowest BCUT2D eigenvalue weighted by Crippen LogP contribution is -2.40. The maximum Gasteiger partial charge on any atom is 0.354 e. The van der Waals surface area contributed by atoms with Gasteiger partial charge in [0.15, 0.2) is 5.78 Å². The summed E-state index contributed by atoms with van der Waals surface area (Å²) in [5, 5.41) is 9.44.